The van der Waals surface area contributed by atoms with Crippen LogP contribution in [0, 0.1) is 17.7 Å². The molecule has 0 spiro atoms. The molecular weight excluding hydrogens is 241 g/mol. The van der Waals surface area contributed by atoms with Crippen LogP contribution in [0.3, 0.4) is 0 Å². The summed E-state index contributed by atoms with van der Waals surface area (Å²) in [5, 5.41) is 3.49. The molecule has 3 heteroatoms. The van der Waals surface area contributed by atoms with Gasteiger partial charge in [-0.25, -0.2) is 4.39 Å². The van der Waals surface area contributed by atoms with Gasteiger partial charge in [0.15, 0.2) is 11.6 Å². The van der Waals surface area contributed by atoms with Crippen molar-refractivity contribution in [1.82, 2.24) is 5.32 Å². The first-order valence-corrected chi connectivity index (χ1v) is 7.02. The van der Waals surface area contributed by atoms with E-state index in [-0.39, 0.29) is 11.2 Å². The van der Waals surface area contributed by atoms with Crippen molar-refractivity contribution in [2.24, 2.45) is 11.8 Å². The Morgan fingerprint density at radius 2 is 2.21 bits per heavy atom. The predicted octanol–water partition coefficient (Wildman–Crippen LogP) is 3.36. The largest absolute Gasteiger partial charge is 0.494 e. The van der Waals surface area contributed by atoms with Crippen molar-refractivity contribution in [3.63, 3.8) is 0 Å². The third-order valence-electron chi connectivity index (χ3n) is 4.17. The smallest absolute Gasteiger partial charge is 0.165 e. The molecule has 0 aliphatic heterocycles. The van der Waals surface area contributed by atoms with E-state index in [1.54, 1.807) is 12.1 Å². The van der Waals surface area contributed by atoms with Crippen LogP contribution < -0.4 is 10.1 Å². The van der Waals surface area contributed by atoms with E-state index in [1.165, 1.54) is 7.11 Å². The molecule has 1 aliphatic rings. The van der Waals surface area contributed by atoms with E-state index in [9.17, 15) is 4.39 Å². The molecule has 2 atom stereocenters. The van der Waals surface area contributed by atoms with Crippen molar-refractivity contribution in [1.29, 1.82) is 0 Å². The molecule has 19 heavy (non-hydrogen) atoms. The highest BCUT2D eigenvalue weighted by atomic mass is 19.1. The maximum atomic E-state index is 13.8. The monoisotopic (exact) mass is 265 g/mol. The maximum Gasteiger partial charge on any atom is 0.165 e. The molecule has 0 saturated heterocycles. The first-order chi connectivity index (χ1) is 8.97. The first-order valence-electron chi connectivity index (χ1n) is 7.02. The summed E-state index contributed by atoms with van der Waals surface area (Å²) in [4.78, 5) is 0. The van der Waals surface area contributed by atoms with Crippen LogP contribution in [0.15, 0.2) is 18.2 Å². The summed E-state index contributed by atoms with van der Waals surface area (Å²) in [5.41, 5.74) is 1.21. The lowest BCUT2D eigenvalue weighted by molar-refractivity contribution is 0.385. The molecule has 0 radical (unpaired) electrons. The van der Waals surface area contributed by atoms with Crippen molar-refractivity contribution in [3.8, 4) is 5.75 Å². The van der Waals surface area contributed by atoms with Crippen molar-refractivity contribution in [2.75, 3.05) is 20.2 Å². The fraction of sp³-hybridized carbons (Fsp3) is 0.625. The Hall–Kier alpha value is -1.09. The molecule has 1 aliphatic carbocycles. The van der Waals surface area contributed by atoms with Crippen LogP contribution in [0.4, 0.5) is 4.39 Å². The first kappa shape index (κ1) is 14.3. The van der Waals surface area contributed by atoms with Gasteiger partial charge in [0.25, 0.3) is 0 Å². The molecule has 1 saturated carbocycles. The summed E-state index contributed by atoms with van der Waals surface area (Å²) in [6.07, 6.45) is 1.13. The van der Waals surface area contributed by atoms with Gasteiger partial charge in [0.05, 0.1) is 7.11 Å². The summed E-state index contributed by atoms with van der Waals surface area (Å²) in [6, 6.07) is 5.35. The average molecular weight is 265 g/mol. The SMILES string of the molecule is COc1ccc(C2(C)CC2CNCC(C)C)cc1F. The minimum absolute atomic E-state index is 0.122. The molecule has 2 rings (SSSR count). The molecule has 106 valence electrons. The number of hydrogen-bond acceptors (Lipinski definition) is 2. The molecule has 0 amide bonds. The molecule has 0 aromatic heterocycles. The highest BCUT2D eigenvalue weighted by molar-refractivity contribution is 5.38. The summed E-state index contributed by atoms with van der Waals surface area (Å²) < 4.78 is 18.7. The number of hydrogen-bond donors (Lipinski definition) is 1. The van der Waals surface area contributed by atoms with E-state index < -0.39 is 0 Å². The Balaban J connectivity index is 1.97. The molecule has 0 heterocycles. The van der Waals surface area contributed by atoms with Crippen LogP contribution in [0.1, 0.15) is 32.8 Å². The molecule has 2 nitrogen and oxygen atoms in total. The van der Waals surface area contributed by atoms with Gasteiger partial charge in [-0.05, 0) is 54.5 Å². The number of methoxy groups -OCH3 is 1. The average Bonchev–Trinajstić information content (AvgIpc) is 3.01. The lowest BCUT2D eigenvalue weighted by atomic mass is 9.95. The summed E-state index contributed by atoms with van der Waals surface area (Å²) in [6.45, 7) is 8.69. The van der Waals surface area contributed by atoms with Crippen LogP contribution in [-0.2, 0) is 5.41 Å². The zero-order valence-electron chi connectivity index (χ0n) is 12.3. The Morgan fingerprint density at radius 3 is 2.79 bits per heavy atom. The van der Waals surface area contributed by atoms with Crippen molar-refractivity contribution < 1.29 is 9.13 Å². The normalized spacial score (nSPS) is 25.7. The Morgan fingerprint density at radius 1 is 1.47 bits per heavy atom. The second-order valence-electron chi connectivity index (χ2n) is 6.22. The highest BCUT2D eigenvalue weighted by Crippen LogP contribution is 2.53. The molecular formula is C16H24FNO. The van der Waals surface area contributed by atoms with E-state index in [1.807, 2.05) is 6.07 Å². The number of nitrogens with one attached hydrogen (secondary N) is 1. The van der Waals surface area contributed by atoms with Crippen LogP contribution in [-0.4, -0.2) is 20.2 Å². The fourth-order valence-corrected chi connectivity index (χ4v) is 2.67. The molecule has 1 aromatic carbocycles. The second-order valence-corrected chi connectivity index (χ2v) is 6.22. The van der Waals surface area contributed by atoms with Crippen molar-refractivity contribution in [2.45, 2.75) is 32.6 Å². The topological polar surface area (TPSA) is 21.3 Å². The van der Waals surface area contributed by atoms with E-state index >= 15 is 0 Å². The van der Waals surface area contributed by atoms with Gasteiger partial charge < -0.3 is 10.1 Å². The van der Waals surface area contributed by atoms with Crippen LogP contribution >= 0.6 is 0 Å². The number of rotatable bonds is 6. The summed E-state index contributed by atoms with van der Waals surface area (Å²) in [7, 11) is 1.50. The van der Waals surface area contributed by atoms with Gasteiger partial charge in [-0.15, -0.1) is 0 Å². The quantitative estimate of drug-likeness (QED) is 0.851. The van der Waals surface area contributed by atoms with E-state index in [0.717, 1.165) is 25.1 Å². The number of ether oxygens (including phenoxy) is 1. The van der Waals surface area contributed by atoms with Gasteiger partial charge in [-0.1, -0.05) is 26.8 Å². The van der Waals surface area contributed by atoms with E-state index in [4.69, 9.17) is 4.74 Å². The van der Waals surface area contributed by atoms with Crippen LogP contribution in [0.5, 0.6) is 5.75 Å². The van der Waals surface area contributed by atoms with Crippen molar-refractivity contribution >= 4 is 0 Å². The predicted molar refractivity (Wildman–Crippen MR) is 76.1 cm³/mol. The van der Waals surface area contributed by atoms with E-state index in [2.05, 4.69) is 26.1 Å². The summed E-state index contributed by atoms with van der Waals surface area (Å²) in [5.74, 6) is 1.34. The van der Waals surface area contributed by atoms with Crippen LogP contribution in [0.2, 0.25) is 0 Å². The molecule has 1 aromatic rings. The van der Waals surface area contributed by atoms with Gasteiger partial charge in [-0.2, -0.15) is 0 Å². The van der Waals surface area contributed by atoms with Gasteiger partial charge in [0.1, 0.15) is 0 Å². The minimum atomic E-state index is -0.262. The molecule has 1 N–H and O–H groups in total. The summed E-state index contributed by atoms with van der Waals surface area (Å²) >= 11 is 0. The van der Waals surface area contributed by atoms with Gasteiger partial charge in [0, 0.05) is 0 Å². The Labute approximate surface area is 115 Å². The molecule has 1 fully saturated rings. The number of halogens is 1. The van der Waals surface area contributed by atoms with Crippen molar-refractivity contribution in [3.05, 3.63) is 29.6 Å². The Bertz CT molecular complexity index is 446. The fourth-order valence-electron chi connectivity index (χ4n) is 2.67. The van der Waals surface area contributed by atoms with Crippen LogP contribution in [0.25, 0.3) is 0 Å². The standard InChI is InChI=1S/C16H24FNO/c1-11(2)9-18-10-13-8-16(13,3)12-5-6-15(19-4)14(17)7-12/h5-7,11,13,18H,8-10H2,1-4H3. The number of benzene rings is 1. The minimum Gasteiger partial charge on any atom is -0.494 e. The Kier molecular flexibility index (Phi) is 4.14. The highest BCUT2D eigenvalue weighted by Gasteiger charge is 2.50. The molecule has 2 unspecified atom stereocenters. The maximum absolute atomic E-state index is 13.8. The second kappa shape index (κ2) is 5.49. The third kappa shape index (κ3) is 3.08. The van der Waals surface area contributed by atoms with E-state index in [0.29, 0.717) is 17.6 Å². The van der Waals surface area contributed by atoms with Gasteiger partial charge in [0.2, 0.25) is 0 Å². The van der Waals surface area contributed by atoms with Gasteiger partial charge >= 0.3 is 0 Å². The third-order valence-corrected chi connectivity index (χ3v) is 4.17. The van der Waals surface area contributed by atoms with Gasteiger partial charge in [-0.3, -0.25) is 0 Å². The zero-order chi connectivity index (χ0) is 14.0. The lowest BCUT2D eigenvalue weighted by Gasteiger charge is -2.14. The zero-order valence-corrected chi connectivity index (χ0v) is 12.3. The molecule has 0 bridgehead atoms. The lowest BCUT2D eigenvalue weighted by Crippen LogP contribution is -2.24.